The molecule has 0 saturated heterocycles. The Balaban J connectivity index is 2.07. The van der Waals surface area contributed by atoms with Crippen LogP contribution in [0.2, 0.25) is 0 Å². The average Bonchev–Trinajstić information content (AvgIpc) is 2.95. The van der Waals surface area contributed by atoms with Gasteiger partial charge in [-0.2, -0.15) is 0 Å². The van der Waals surface area contributed by atoms with Crippen LogP contribution >= 0.6 is 11.3 Å². The van der Waals surface area contributed by atoms with E-state index < -0.39 is 10.0 Å². The Kier molecular flexibility index (Phi) is 3.79. The summed E-state index contributed by atoms with van der Waals surface area (Å²) in [6, 6.07) is 0. The molecule has 0 unspecified atom stereocenters. The first-order valence-corrected chi connectivity index (χ1v) is 7.76. The van der Waals surface area contributed by atoms with E-state index in [0.717, 1.165) is 9.88 Å². The third kappa shape index (κ3) is 2.95. The van der Waals surface area contributed by atoms with E-state index in [4.69, 9.17) is 0 Å². The van der Waals surface area contributed by atoms with E-state index in [1.807, 2.05) is 13.8 Å². The second-order valence-corrected chi connectivity index (χ2v) is 6.77. The molecule has 8 heteroatoms. The predicted octanol–water partition coefficient (Wildman–Crippen LogP) is 1.22. The van der Waals surface area contributed by atoms with Gasteiger partial charge in [0.15, 0.2) is 5.03 Å². The summed E-state index contributed by atoms with van der Waals surface area (Å²) in [6.07, 6.45) is 3.68. The Morgan fingerprint density at radius 3 is 2.72 bits per heavy atom. The maximum absolute atomic E-state index is 11.9. The molecule has 0 spiro atoms. The molecule has 98 valence electrons. The Morgan fingerprint density at radius 2 is 2.17 bits per heavy atom. The lowest BCUT2D eigenvalue weighted by atomic mass is 10.5. The number of sulfonamides is 1. The van der Waals surface area contributed by atoms with Crippen LogP contribution in [-0.2, 0) is 23.0 Å². The summed E-state index contributed by atoms with van der Waals surface area (Å²) in [4.78, 5) is 11.7. The zero-order valence-corrected chi connectivity index (χ0v) is 11.7. The van der Waals surface area contributed by atoms with Crippen molar-refractivity contribution < 1.29 is 8.42 Å². The summed E-state index contributed by atoms with van der Waals surface area (Å²) in [5, 5.41) is 1.01. The molecule has 2 N–H and O–H groups in total. The van der Waals surface area contributed by atoms with Gasteiger partial charge in [0.1, 0.15) is 5.82 Å². The Hall–Kier alpha value is -1.25. The van der Waals surface area contributed by atoms with Crippen LogP contribution in [-0.4, -0.2) is 23.4 Å². The quantitative estimate of drug-likeness (QED) is 0.865. The summed E-state index contributed by atoms with van der Waals surface area (Å²) in [6.45, 7) is 4.03. The molecule has 2 heterocycles. The van der Waals surface area contributed by atoms with Crippen LogP contribution in [0.15, 0.2) is 17.4 Å². The highest BCUT2D eigenvalue weighted by molar-refractivity contribution is 7.89. The number of aromatic nitrogens is 3. The van der Waals surface area contributed by atoms with E-state index in [2.05, 4.69) is 19.7 Å². The predicted molar refractivity (Wildman–Crippen MR) is 68.8 cm³/mol. The molecule has 0 atom stereocenters. The Bertz CT molecular complexity index is 630. The topological polar surface area (TPSA) is 87.7 Å². The fourth-order valence-electron chi connectivity index (χ4n) is 1.39. The van der Waals surface area contributed by atoms with Crippen molar-refractivity contribution in [2.75, 3.05) is 0 Å². The minimum Gasteiger partial charge on any atom is -0.332 e. The molecular formula is C10H14N4O2S2. The van der Waals surface area contributed by atoms with Gasteiger partial charge in [0.2, 0.25) is 0 Å². The van der Waals surface area contributed by atoms with Crippen molar-refractivity contribution in [3.8, 4) is 0 Å². The van der Waals surface area contributed by atoms with Gasteiger partial charge in [0.05, 0.1) is 11.2 Å². The molecule has 0 aliphatic carbocycles. The molecule has 0 fully saturated rings. The third-order valence-corrected chi connectivity index (χ3v) is 4.56. The van der Waals surface area contributed by atoms with Crippen LogP contribution in [0.4, 0.5) is 0 Å². The summed E-state index contributed by atoms with van der Waals surface area (Å²) >= 11 is 1.47. The van der Waals surface area contributed by atoms with Crippen molar-refractivity contribution in [3.05, 3.63) is 28.1 Å². The van der Waals surface area contributed by atoms with Crippen molar-refractivity contribution in [2.45, 2.75) is 31.8 Å². The van der Waals surface area contributed by atoms with Crippen molar-refractivity contribution in [3.63, 3.8) is 0 Å². The maximum Gasteiger partial charge on any atom is 0.257 e. The van der Waals surface area contributed by atoms with Gasteiger partial charge in [-0.05, 0) is 6.92 Å². The second kappa shape index (κ2) is 5.17. The molecule has 2 aromatic heterocycles. The first kappa shape index (κ1) is 13.2. The number of imidazole rings is 1. The van der Waals surface area contributed by atoms with Crippen LogP contribution in [0.25, 0.3) is 0 Å². The number of hydrogen-bond acceptors (Lipinski definition) is 5. The van der Waals surface area contributed by atoms with Gasteiger partial charge in [0, 0.05) is 24.0 Å². The monoisotopic (exact) mass is 286 g/mol. The molecule has 2 aromatic rings. The first-order valence-electron chi connectivity index (χ1n) is 5.46. The van der Waals surface area contributed by atoms with Crippen LogP contribution in [0.3, 0.4) is 0 Å². The number of thiazole rings is 1. The van der Waals surface area contributed by atoms with Gasteiger partial charge in [-0.1, -0.05) is 6.92 Å². The zero-order valence-electron chi connectivity index (χ0n) is 10.1. The van der Waals surface area contributed by atoms with E-state index >= 15 is 0 Å². The fourth-order valence-corrected chi connectivity index (χ4v) is 3.16. The van der Waals surface area contributed by atoms with Crippen molar-refractivity contribution in [1.82, 2.24) is 19.7 Å². The van der Waals surface area contributed by atoms with E-state index in [-0.39, 0.29) is 11.6 Å². The molecular weight excluding hydrogens is 272 g/mol. The molecule has 0 amide bonds. The highest BCUT2D eigenvalue weighted by atomic mass is 32.2. The van der Waals surface area contributed by atoms with Crippen molar-refractivity contribution in [1.29, 1.82) is 0 Å². The Morgan fingerprint density at radius 1 is 1.39 bits per heavy atom. The minimum atomic E-state index is -3.53. The standard InChI is InChI=1S/C10H14N4O2S2/c1-3-9-12-6-10(14-9)18(15,16)13-5-8-4-11-7(2)17-8/h4,6,13H,3,5H2,1-2H3,(H,12,14). The number of H-pyrrole nitrogens is 1. The average molecular weight is 286 g/mol. The summed E-state index contributed by atoms with van der Waals surface area (Å²) < 4.78 is 26.4. The molecule has 0 saturated carbocycles. The van der Waals surface area contributed by atoms with Crippen LogP contribution in [0.1, 0.15) is 22.6 Å². The SMILES string of the molecule is CCc1ncc(S(=O)(=O)NCc2cnc(C)s2)[nH]1. The van der Waals surface area contributed by atoms with Gasteiger partial charge in [-0.3, -0.25) is 0 Å². The van der Waals surface area contributed by atoms with Crippen LogP contribution < -0.4 is 4.72 Å². The molecule has 6 nitrogen and oxygen atoms in total. The van der Waals surface area contributed by atoms with Gasteiger partial charge in [0.25, 0.3) is 10.0 Å². The normalized spacial score (nSPS) is 11.9. The maximum atomic E-state index is 11.9. The van der Waals surface area contributed by atoms with Crippen LogP contribution in [0.5, 0.6) is 0 Å². The second-order valence-electron chi connectivity index (χ2n) is 3.72. The van der Waals surface area contributed by atoms with E-state index in [1.165, 1.54) is 17.5 Å². The lowest BCUT2D eigenvalue weighted by Crippen LogP contribution is -2.23. The first-order chi connectivity index (χ1) is 8.51. The number of hydrogen-bond donors (Lipinski definition) is 2. The fraction of sp³-hybridized carbons (Fsp3) is 0.400. The Labute approximate surface area is 110 Å². The van der Waals surface area contributed by atoms with Crippen molar-refractivity contribution >= 4 is 21.4 Å². The molecule has 2 rings (SSSR count). The third-order valence-electron chi connectivity index (χ3n) is 2.34. The number of nitrogens with zero attached hydrogens (tertiary/aromatic N) is 2. The number of nitrogens with one attached hydrogen (secondary N) is 2. The molecule has 0 bridgehead atoms. The van der Waals surface area contributed by atoms with Gasteiger partial charge in [-0.15, -0.1) is 11.3 Å². The highest BCUT2D eigenvalue weighted by Crippen LogP contribution is 2.12. The van der Waals surface area contributed by atoms with Gasteiger partial charge < -0.3 is 4.98 Å². The van der Waals surface area contributed by atoms with Crippen LogP contribution in [0, 0.1) is 6.92 Å². The number of rotatable bonds is 5. The lowest BCUT2D eigenvalue weighted by Gasteiger charge is -2.02. The largest absolute Gasteiger partial charge is 0.332 e. The van der Waals surface area contributed by atoms with E-state index in [0.29, 0.717) is 12.2 Å². The van der Waals surface area contributed by atoms with Gasteiger partial charge in [-0.25, -0.2) is 23.1 Å². The molecule has 0 aliphatic heterocycles. The number of aryl methyl sites for hydroxylation is 2. The summed E-state index contributed by atoms with van der Waals surface area (Å²) in [5.74, 6) is 0.656. The number of aromatic amines is 1. The van der Waals surface area contributed by atoms with Gasteiger partial charge >= 0.3 is 0 Å². The summed E-state index contributed by atoms with van der Waals surface area (Å²) in [7, 11) is -3.53. The lowest BCUT2D eigenvalue weighted by molar-refractivity contribution is 0.578. The molecule has 0 aliphatic rings. The smallest absolute Gasteiger partial charge is 0.257 e. The highest BCUT2D eigenvalue weighted by Gasteiger charge is 2.16. The zero-order chi connectivity index (χ0) is 13.2. The molecule has 18 heavy (non-hydrogen) atoms. The minimum absolute atomic E-state index is 0.0978. The van der Waals surface area contributed by atoms with Crippen molar-refractivity contribution in [2.24, 2.45) is 0 Å². The molecule has 0 aromatic carbocycles. The molecule has 0 radical (unpaired) electrons. The van der Waals surface area contributed by atoms with E-state index in [1.54, 1.807) is 6.20 Å². The van der Waals surface area contributed by atoms with E-state index in [9.17, 15) is 8.42 Å². The summed E-state index contributed by atoms with van der Waals surface area (Å²) in [5.41, 5.74) is 0.